The molecule has 2 fully saturated rings. The molecular weight excluding hydrogens is 388 g/mol. The summed E-state index contributed by atoms with van der Waals surface area (Å²) in [7, 11) is 0. The van der Waals surface area contributed by atoms with Gasteiger partial charge < -0.3 is 21.1 Å². The van der Waals surface area contributed by atoms with Gasteiger partial charge in [-0.05, 0) is 32.4 Å². The number of hydrogen-bond acceptors (Lipinski definition) is 7. The molecule has 1 aromatic rings. The monoisotopic (exact) mass is 408 g/mol. The number of fused-ring (bicyclic) bond motifs is 1. The van der Waals surface area contributed by atoms with E-state index in [4.69, 9.17) is 5.73 Å². The van der Waals surface area contributed by atoms with Crippen molar-refractivity contribution in [2.24, 2.45) is 5.73 Å². The van der Waals surface area contributed by atoms with Gasteiger partial charge in [-0.25, -0.2) is 4.79 Å². The van der Waals surface area contributed by atoms with E-state index in [0.29, 0.717) is 4.88 Å². The van der Waals surface area contributed by atoms with Gasteiger partial charge in [0.1, 0.15) is 23.5 Å². The van der Waals surface area contributed by atoms with Gasteiger partial charge in [0.25, 0.3) is 5.91 Å². The van der Waals surface area contributed by atoms with E-state index in [1.54, 1.807) is 19.9 Å². The number of carboxylic acids is 1. The number of nitriles is 1. The Bertz CT molecular complexity index is 861. The minimum Gasteiger partial charge on any atom is -0.480 e. The molecule has 144 valence electrons. The first-order valence-electron chi connectivity index (χ1n) is 8.40. The number of β-lactam (4-membered cyclic amide) rings is 1. The van der Waals surface area contributed by atoms with Crippen LogP contribution in [-0.2, 0) is 20.8 Å². The summed E-state index contributed by atoms with van der Waals surface area (Å²) >= 11 is 2.60. The molecule has 2 amide bonds. The zero-order valence-corrected chi connectivity index (χ0v) is 16.7. The van der Waals surface area contributed by atoms with E-state index in [2.05, 4.69) is 5.32 Å². The van der Waals surface area contributed by atoms with Gasteiger partial charge in [0.05, 0.1) is 0 Å². The van der Waals surface area contributed by atoms with E-state index in [1.807, 2.05) is 19.1 Å². The van der Waals surface area contributed by atoms with Crippen LogP contribution in [0.2, 0.25) is 0 Å². The van der Waals surface area contributed by atoms with Gasteiger partial charge in [-0.1, -0.05) is 6.92 Å². The molecule has 3 heterocycles. The summed E-state index contributed by atoms with van der Waals surface area (Å²) in [6.07, 6.45) is 0.818. The summed E-state index contributed by atoms with van der Waals surface area (Å²) in [5, 5.41) is 20.9. The molecule has 0 saturated carbocycles. The van der Waals surface area contributed by atoms with E-state index in [0.717, 1.165) is 11.3 Å². The van der Waals surface area contributed by atoms with Crippen molar-refractivity contribution >= 4 is 40.9 Å². The predicted molar refractivity (Wildman–Crippen MR) is 101 cm³/mol. The molecule has 1 aromatic heterocycles. The molecule has 2 unspecified atom stereocenters. The highest BCUT2D eigenvalue weighted by Crippen LogP contribution is 2.54. The van der Waals surface area contributed by atoms with E-state index in [1.165, 1.54) is 28.0 Å². The van der Waals surface area contributed by atoms with Crippen molar-refractivity contribution in [3.05, 3.63) is 21.9 Å². The average Bonchev–Trinajstić information content (AvgIpc) is 3.19. The largest absolute Gasteiger partial charge is 0.480 e. The third kappa shape index (κ3) is 2.81. The number of carbonyl (C=O) groups is 3. The van der Waals surface area contributed by atoms with Gasteiger partial charge in [0, 0.05) is 14.5 Å². The second-order valence-corrected chi connectivity index (χ2v) is 10.0. The molecule has 10 heteroatoms. The molecule has 0 aliphatic carbocycles. The molecule has 8 nitrogen and oxygen atoms in total. The fraction of sp³-hybridized carbons (Fsp3) is 0.529. The van der Waals surface area contributed by atoms with E-state index < -0.39 is 45.5 Å². The number of aliphatic carboxylic acids is 1. The molecule has 0 spiro atoms. The van der Waals surface area contributed by atoms with E-state index >= 15 is 0 Å². The lowest BCUT2D eigenvalue weighted by atomic mass is 9.85. The smallest absolute Gasteiger partial charge is 0.327 e. The summed E-state index contributed by atoms with van der Waals surface area (Å²) in [6, 6.07) is 3.48. The quantitative estimate of drug-likeness (QED) is 0.614. The second kappa shape index (κ2) is 6.51. The van der Waals surface area contributed by atoms with Crippen molar-refractivity contribution in [1.29, 1.82) is 5.26 Å². The number of hydrogen-bond donors (Lipinski definition) is 3. The fourth-order valence-electron chi connectivity index (χ4n) is 3.46. The Hall–Kier alpha value is -2.09. The van der Waals surface area contributed by atoms with Crippen LogP contribution in [0.4, 0.5) is 0 Å². The van der Waals surface area contributed by atoms with Crippen LogP contribution in [0.3, 0.4) is 0 Å². The van der Waals surface area contributed by atoms with E-state index in [-0.39, 0.29) is 0 Å². The van der Waals surface area contributed by atoms with Crippen LogP contribution in [-0.4, -0.2) is 49.5 Å². The van der Waals surface area contributed by atoms with Gasteiger partial charge in [-0.3, -0.25) is 9.59 Å². The minimum atomic E-state index is -1.80. The molecule has 0 bridgehead atoms. The van der Waals surface area contributed by atoms with Gasteiger partial charge in [0.15, 0.2) is 0 Å². The maximum absolute atomic E-state index is 12.7. The number of thiophene rings is 1. The number of rotatable bonds is 5. The summed E-state index contributed by atoms with van der Waals surface area (Å²) in [5.41, 5.74) is 4.22. The first-order valence-corrected chi connectivity index (χ1v) is 10.1. The molecule has 4 atom stereocenters. The van der Waals surface area contributed by atoms with Crippen molar-refractivity contribution < 1.29 is 19.5 Å². The first kappa shape index (κ1) is 19.7. The highest BCUT2D eigenvalue weighted by molar-refractivity contribution is 8.01. The number of carboxylic acid groups (broad SMARTS) is 1. The number of nitrogens with one attached hydrogen (secondary N) is 1. The highest BCUT2D eigenvalue weighted by atomic mass is 32.2. The normalized spacial score (nSPS) is 29.4. The Kier molecular flexibility index (Phi) is 4.74. The topological polar surface area (TPSA) is 137 Å². The average molecular weight is 409 g/mol. The van der Waals surface area contributed by atoms with Gasteiger partial charge in [-0.2, -0.15) is 5.26 Å². The number of carbonyl (C=O) groups excluding carboxylic acids is 2. The first-order chi connectivity index (χ1) is 12.6. The second-order valence-electron chi connectivity index (χ2n) is 7.07. The molecule has 4 N–H and O–H groups in total. The van der Waals surface area contributed by atoms with Crippen LogP contribution >= 0.6 is 23.1 Å². The Morgan fingerprint density at radius 3 is 2.67 bits per heavy atom. The summed E-state index contributed by atoms with van der Waals surface area (Å²) < 4.78 is -0.790. The predicted octanol–water partition coefficient (Wildman–Crippen LogP) is 0.836. The molecule has 2 aliphatic rings. The number of thioether (sulfide) groups is 1. The van der Waals surface area contributed by atoms with Crippen LogP contribution < -0.4 is 11.1 Å². The zero-order valence-electron chi connectivity index (χ0n) is 15.1. The van der Waals surface area contributed by atoms with Crippen LogP contribution in [0.1, 0.15) is 36.6 Å². The van der Waals surface area contributed by atoms with E-state index in [9.17, 15) is 24.8 Å². The Morgan fingerprint density at radius 2 is 2.15 bits per heavy atom. The van der Waals surface area contributed by atoms with Crippen molar-refractivity contribution in [3.8, 4) is 6.07 Å². The maximum Gasteiger partial charge on any atom is 0.327 e. The number of nitrogens with two attached hydrogens (primary N) is 1. The Morgan fingerprint density at radius 1 is 1.48 bits per heavy atom. The molecule has 0 aromatic carbocycles. The van der Waals surface area contributed by atoms with Crippen LogP contribution in [0.25, 0.3) is 0 Å². The lowest BCUT2D eigenvalue weighted by molar-refractivity contribution is -0.165. The van der Waals surface area contributed by atoms with Gasteiger partial charge >= 0.3 is 5.97 Å². The Labute approximate surface area is 164 Å². The summed E-state index contributed by atoms with van der Waals surface area (Å²) in [6.45, 7) is 5.40. The zero-order chi connectivity index (χ0) is 20.1. The molecule has 2 saturated heterocycles. The lowest BCUT2D eigenvalue weighted by Crippen LogP contribution is -2.79. The van der Waals surface area contributed by atoms with Crippen molar-refractivity contribution in [2.45, 2.75) is 54.9 Å². The lowest BCUT2D eigenvalue weighted by Gasteiger charge is -2.49. The van der Waals surface area contributed by atoms with Gasteiger partial charge in [-0.15, -0.1) is 23.1 Å². The number of amides is 2. The van der Waals surface area contributed by atoms with Crippen LogP contribution in [0.15, 0.2) is 12.1 Å². The third-order valence-electron chi connectivity index (χ3n) is 4.90. The number of aryl methyl sites for hydroxylation is 1. The van der Waals surface area contributed by atoms with Crippen molar-refractivity contribution in [1.82, 2.24) is 10.2 Å². The van der Waals surface area contributed by atoms with Crippen molar-refractivity contribution in [2.75, 3.05) is 0 Å². The molecule has 0 radical (unpaired) electrons. The standard InChI is InChI=1S/C17H20N4O4S2/c1-4-8-5-6-9(26-8)10(19)12(22)20-17(7-18)14(25)21-11(13(23)24)16(2,3)27-15(17)21/h5-6,10-11,15H,4,19H2,1-3H3,(H,20,22)(H,23,24)/t10?,11-,15+,17?/m0/s1. The SMILES string of the molecule is CCc1ccc(C(N)C(=O)NC2(C#N)C(=O)N3[C@@H](C(=O)O)C(C)(C)S[C@@H]32)s1. The number of nitrogens with zero attached hydrogens (tertiary/aromatic N) is 2. The summed E-state index contributed by atoms with van der Waals surface area (Å²) in [4.78, 5) is 39.8. The highest BCUT2D eigenvalue weighted by Gasteiger charge is 2.73. The van der Waals surface area contributed by atoms with Crippen molar-refractivity contribution in [3.63, 3.8) is 0 Å². The fourth-order valence-corrected chi connectivity index (χ4v) is 6.05. The Balaban J connectivity index is 1.83. The molecule has 2 aliphatic heterocycles. The van der Waals surface area contributed by atoms with Gasteiger partial charge in [0.2, 0.25) is 11.4 Å². The van der Waals surface area contributed by atoms with Crippen LogP contribution in [0.5, 0.6) is 0 Å². The third-order valence-corrected chi connectivity index (χ3v) is 7.84. The van der Waals surface area contributed by atoms with Crippen LogP contribution in [0, 0.1) is 11.3 Å². The maximum atomic E-state index is 12.7. The molecule has 3 rings (SSSR count). The molecule has 27 heavy (non-hydrogen) atoms. The summed E-state index contributed by atoms with van der Waals surface area (Å²) in [5.74, 6) is -2.48. The molecular formula is C17H20N4O4S2. The minimum absolute atomic E-state index is 0.633.